The van der Waals surface area contributed by atoms with Crippen LogP contribution in [0, 0.1) is 0 Å². The van der Waals surface area contributed by atoms with Crippen LogP contribution in [0.15, 0.2) is 22.7 Å². The van der Waals surface area contributed by atoms with Crippen LogP contribution in [0.3, 0.4) is 0 Å². The molecule has 3 heteroatoms. The maximum atomic E-state index is 10.9. The van der Waals surface area contributed by atoms with E-state index >= 15 is 0 Å². The lowest BCUT2D eigenvalue weighted by atomic mass is 10.1. The zero-order chi connectivity index (χ0) is 10.4. The van der Waals surface area contributed by atoms with Gasteiger partial charge in [-0.1, -0.05) is 12.1 Å². The van der Waals surface area contributed by atoms with Crippen LogP contribution >= 0.6 is 15.9 Å². The molecule has 0 atom stereocenters. The average molecular weight is 264 g/mol. The molecule has 3 rings (SSSR count). The van der Waals surface area contributed by atoms with Crippen molar-refractivity contribution in [2.24, 2.45) is 0 Å². The summed E-state index contributed by atoms with van der Waals surface area (Å²) in [6.45, 7) is 0. The van der Waals surface area contributed by atoms with Crippen LogP contribution in [0.5, 0.6) is 0 Å². The van der Waals surface area contributed by atoms with E-state index in [0.29, 0.717) is 5.92 Å². The first-order valence-electron chi connectivity index (χ1n) is 5.06. The molecule has 0 saturated heterocycles. The van der Waals surface area contributed by atoms with Crippen LogP contribution in [0.1, 0.15) is 34.8 Å². The molecule has 1 aliphatic rings. The van der Waals surface area contributed by atoms with Gasteiger partial charge in [0.2, 0.25) is 0 Å². The first-order chi connectivity index (χ1) is 7.31. The van der Waals surface area contributed by atoms with Crippen LogP contribution in [-0.4, -0.2) is 11.3 Å². The summed E-state index contributed by atoms with van der Waals surface area (Å²) in [7, 11) is 0. The molecular formula is C12H10BrNO. The highest BCUT2D eigenvalue weighted by Gasteiger charge is 2.28. The minimum absolute atomic E-state index is 0.659. The molecule has 15 heavy (non-hydrogen) atoms. The van der Waals surface area contributed by atoms with Crippen LogP contribution in [0.25, 0.3) is 10.9 Å². The van der Waals surface area contributed by atoms with E-state index in [1.54, 1.807) is 0 Å². The fourth-order valence-electron chi connectivity index (χ4n) is 2.01. The topological polar surface area (TPSA) is 32.9 Å². The summed E-state index contributed by atoms with van der Waals surface area (Å²) in [5.74, 6) is 0.659. The Morgan fingerprint density at radius 1 is 1.40 bits per heavy atom. The van der Waals surface area contributed by atoms with Crippen molar-refractivity contribution in [1.29, 1.82) is 0 Å². The summed E-state index contributed by atoms with van der Waals surface area (Å²) >= 11 is 3.59. The number of H-pyrrole nitrogens is 1. The van der Waals surface area contributed by atoms with Gasteiger partial charge >= 0.3 is 0 Å². The van der Waals surface area contributed by atoms with Crippen molar-refractivity contribution in [2.75, 3.05) is 0 Å². The SMILES string of the molecule is O=Cc1cccc2[nH]c(C3CC3)c(Br)c12. The van der Waals surface area contributed by atoms with Gasteiger partial charge in [-0.05, 0) is 34.8 Å². The summed E-state index contributed by atoms with van der Waals surface area (Å²) in [6, 6.07) is 5.77. The molecule has 0 bridgehead atoms. The van der Waals surface area contributed by atoms with Crippen LogP contribution in [-0.2, 0) is 0 Å². The van der Waals surface area contributed by atoms with Crippen molar-refractivity contribution in [3.8, 4) is 0 Å². The zero-order valence-corrected chi connectivity index (χ0v) is 9.67. The summed E-state index contributed by atoms with van der Waals surface area (Å²) < 4.78 is 1.07. The Labute approximate surface area is 95.8 Å². The van der Waals surface area contributed by atoms with Crippen LogP contribution in [0.2, 0.25) is 0 Å². The van der Waals surface area contributed by atoms with E-state index in [0.717, 1.165) is 27.2 Å². The second-order valence-corrected chi connectivity index (χ2v) is 4.81. The highest BCUT2D eigenvalue weighted by molar-refractivity contribution is 9.10. The smallest absolute Gasteiger partial charge is 0.150 e. The molecule has 76 valence electrons. The number of carbonyl (C=O) groups excluding carboxylic acids is 1. The molecule has 1 aromatic heterocycles. The molecule has 2 aromatic rings. The third-order valence-electron chi connectivity index (χ3n) is 2.93. The highest BCUT2D eigenvalue weighted by atomic mass is 79.9. The summed E-state index contributed by atoms with van der Waals surface area (Å²) in [5.41, 5.74) is 3.05. The van der Waals surface area contributed by atoms with E-state index in [9.17, 15) is 4.79 Å². The molecule has 0 aliphatic heterocycles. The molecule has 0 spiro atoms. The standard InChI is InChI=1S/C12H10BrNO/c13-11-10-8(6-15)2-1-3-9(10)14-12(11)7-4-5-7/h1-3,6-7,14H,4-5H2. The van der Waals surface area contributed by atoms with Gasteiger partial charge in [-0.15, -0.1) is 0 Å². The number of halogens is 1. The number of rotatable bonds is 2. The zero-order valence-electron chi connectivity index (χ0n) is 8.09. The van der Waals surface area contributed by atoms with Crippen molar-refractivity contribution in [1.82, 2.24) is 4.98 Å². The van der Waals surface area contributed by atoms with E-state index in [1.165, 1.54) is 18.5 Å². The Hall–Kier alpha value is -1.09. The quantitative estimate of drug-likeness (QED) is 0.825. The number of carbonyl (C=O) groups is 1. The Morgan fingerprint density at radius 2 is 2.20 bits per heavy atom. The maximum absolute atomic E-state index is 10.9. The molecule has 0 amide bonds. The highest BCUT2D eigenvalue weighted by Crippen LogP contribution is 2.45. The number of aromatic amines is 1. The first kappa shape index (κ1) is 9.16. The number of hydrogen-bond acceptors (Lipinski definition) is 1. The lowest BCUT2D eigenvalue weighted by molar-refractivity contribution is 0.112. The van der Waals surface area contributed by atoms with Crippen molar-refractivity contribution >= 4 is 33.1 Å². The second-order valence-electron chi connectivity index (χ2n) is 4.01. The van der Waals surface area contributed by atoms with Crippen molar-refractivity contribution in [2.45, 2.75) is 18.8 Å². The minimum Gasteiger partial charge on any atom is -0.357 e. The molecule has 1 saturated carbocycles. The van der Waals surface area contributed by atoms with Gasteiger partial charge in [0, 0.05) is 32.6 Å². The molecular weight excluding hydrogens is 254 g/mol. The maximum Gasteiger partial charge on any atom is 0.150 e. The number of fused-ring (bicyclic) bond motifs is 1. The number of aldehydes is 1. The van der Waals surface area contributed by atoms with Crippen molar-refractivity contribution < 1.29 is 4.79 Å². The van der Waals surface area contributed by atoms with Gasteiger partial charge < -0.3 is 4.98 Å². The lowest BCUT2D eigenvalue weighted by Gasteiger charge is -1.95. The number of hydrogen-bond donors (Lipinski definition) is 1. The molecule has 2 nitrogen and oxygen atoms in total. The Kier molecular flexibility index (Phi) is 1.96. The number of benzene rings is 1. The largest absolute Gasteiger partial charge is 0.357 e. The minimum atomic E-state index is 0.659. The number of aromatic nitrogens is 1. The molecule has 0 radical (unpaired) electrons. The van der Waals surface area contributed by atoms with Crippen LogP contribution in [0.4, 0.5) is 0 Å². The summed E-state index contributed by atoms with van der Waals surface area (Å²) in [6.07, 6.45) is 3.42. The van der Waals surface area contributed by atoms with Gasteiger partial charge in [0.15, 0.2) is 6.29 Å². The molecule has 1 N–H and O–H groups in total. The van der Waals surface area contributed by atoms with E-state index < -0.39 is 0 Å². The predicted molar refractivity (Wildman–Crippen MR) is 63.4 cm³/mol. The average Bonchev–Trinajstić information content (AvgIpc) is 3.04. The van der Waals surface area contributed by atoms with Gasteiger partial charge in [-0.25, -0.2) is 0 Å². The van der Waals surface area contributed by atoms with E-state index in [4.69, 9.17) is 0 Å². The van der Waals surface area contributed by atoms with Gasteiger partial charge in [0.05, 0.1) is 0 Å². The third-order valence-corrected chi connectivity index (χ3v) is 3.76. The van der Waals surface area contributed by atoms with E-state index in [2.05, 4.69) is 20.9 Å². The van der Waals surface area contributed by atoms with Gasteiger partial charge in [-0.2, -0.15) is 0 Å². The molecule has 1 heterocycles. The molecule has 1 aromatic carbocycles. The van der Waals surface area contributed by atoms with Crippen molar-refractivity contribution in [3.63, 3.8) is 0 Å². The Bertz CT molecular complexity index is 540. The monoisotopic (exact) mass is 263 g/mol. The second kappa shape index (κ2) is 3.20. The van der Waals surface area contributed by atoms with Crippen LogP contribution < -0.4 is 0 Å². The number of nitrogens with one attached hydrogen (secondary N) is 1. The molecule has 1 fully saturated rings. The fourth-order valence-corrected chi connectivity index (χ4v) is 2.87. The van der Waals surface area contributed by atoms with Gasteiger partial charge in [0.1, 0.15) is 0 Å². The molecule has 1 aliphatic carbocycles. The normalized spacial score (nSPS) is 15.8. The predicted octanol–water partition coefficient (Wildman–Crippen LogP) is 3.62. The van der Waals surface area contributed by atoms with Gasteiger partial charge in [-0.3, -0.25) is 4.79 Å². The Balaban J connectivity index is 2.34. The Morgan fingerprint density at radius 3 is 2.87 bits per heavy atom. The first-order valence-corrected chi connectivity index (χ1v) is 5.86. The summed E-state index contributed by atoms with van der Waals surface area (Å²) in [4.78, 5) is 14.3. The van der Waals surface area contributed by atoms with E-state index in [1.807, 2.05) is 18.2 Å². The van der Waals surface area contributed by atoms with Gasteiger partial charge in [0.25, 0.3) is 0 Å². The molecule has 0 unspecified atom stereocenters. The van der Waals surface area contributed by atoms with Crippen molar-refractivity contribution in [3.05, 3.63) is 33.9 Å². The fraction of sp³-hybridized carbons (Fsp3) is 0.250. The lowest BCUT2D eigenvalue weighted by Crippen LogP contribution is -1.80. The third kappa shape index (κ3) is 1.34. The van der Waals surface area contributed by atoms with E-state index in [-0.39, 0.29) is 0 Å². The summed E-state index contributed by atoms with van der Waals surface area (Å²) in [5, 5.41) is 1.02.